The van der Waals surface area contributed by atoms with E-state index in [9.17, 15) is 14.4 Å². The highest BCUT2D eigenvalue weighted by Crippen LogP contribution is 2.40. The Bertz CT molecular complexity index is 955. The molecule has 2 aromatic rings. The van der Waals surface area contributed by atoms with Gasteiger partial charge in [-0.3, -0.25) is 14.4 Å². The summed E-state index contributed by atoms with van der Waals surface area (Å²) >= 11 is 0. The lowest BCUT2D eigenvalue weighted by molar-refractivity contribution is -0.130. The molecule has 0 aromatic heterocycles. The van der Waals surface area contributed by atoms with Crippen molar-refractivity contribution in [3.8, 4) is 11.5 Å². The van der Waals surface area contributed by atoms with Crippen molar-refractivity contribution in [2.24, 2.45) is 0 Å². The Morgan fingerprint density at radius 2 is 1.93 bits per heavy atom. The van der Waals surface area contributed by atoms with Gasteiger partial charge in [0.1, 0.15) is 17.1 Å². The molecule has 0 saturated carbocycles. The van der Waals surface area contributed by atoms with E-state index >= 15 is 0 Å². The summed E-state index contributed by atoms with van der Waals surface area (Å²) in [6.45, 7) is 0.889. The largest absolute Gasteiger partial charge is 0.497 e. The molecule has 1 saturated heterocycles. The van der Waals surface area contributed by atoms with E-state index in [1.165, 1.54) is 0 Å². The van der Waals surface area contributed by atoms with Gasteiger partial charge in [0.05, 0.1) is 25.6 Å². The minimum absolute atomic E-state index is 0.00120. The van der Waals surface area contributed by atoms with Gasteiger partial charge in [-0.25, -0.2) is 0 Å². The highest BCUT2D eigenvalue weighted by molar-refractivity contribution is 6.01. The zero-order valence-electron chi connectivity index (χ0n) is 16.3. The minimum atomic E-state index is -0.683. The average Bonchev–Trinajstić information content (AvgIpc) is 3.15. The fraction of sp³-hybridized carbons (Fsp3) is 0.348. The first kappa shape index (κ1) is 19.2. The number of methoxy groups -OCH3 is 1. The third-order valence-electron chi connectivity index (χ3n) is 5.63. The van der Waals surface area contributed by atoms with Crippen LogP contribution in [0.3, 0.4) is 0 Å². The number of fused-ring (bicyclic) bond motifs is 1. The molecule has 1 atom stereocenters. The second-order valence-corrected chi connectivity index (χ2v) is 7.60. The average molecular weight is 393 g/mol. The molecule has 4 rings (SSSR count). The molecule has 0 radical (unpaired) electrons. The first-order chi connectivity index (χ1) is 14.0. The number of likely N-dealkylation sites (tertiary alicyclic amines) is 1. The predicted octanol–water partition coefficient (Wildman–Crippen LogP) is 3.29. The molecule has 150 valence electrons. The second kappa shape index (κ2) is 7.70. The number of amides is 1. The van der Waals surface area contributed by atoms with E-state index in [-0.39, 0.29) is 36.7 Å². The van der Waals surface area contributed by atoms with Crippen molar-refractivity contribution in [2.45, 2.75) is 31.3 Å². The van der Waals surface area contributed by atoms with Gasteiger partial charge >= 0.3 is 0 Å². The van der Waals surface area contributed by atoms with E-state index in [4.69, 9.17) is 9.47 Å². The molecular formula is C23H23NO5. The zero-order valence-corrected chi connectivity index (χ0v) is 16.3. The molecule has 6 heteroatoms. The zero-order chi connectivity index (χ0) is 20.4. The summed E-state index contributed by atoms with van der Waals surface area (Å²) in [5.41, 5.74) is 0.456. The summed E-state index contributed by atoms with van der Waals surface area (Å²) in [7, 11) is 1.56. The fourth-order valence-corrected chi connectivity index (χ4v) is 4.03. The Hall–Kier alpha value is -3.15. The van der Waals surface area contributed by atoms with Gasteiger partial charge in [0.2, 0.25) is 5.91 Å². The Morgan fingerprint density at radius 3 is 2.69 bits per heavy atom. The lowest BCUT2D eigenvalue weighted by atomic mass is 9.89. The highest BCUT2D eigenvalue weighted by Gasteiger charge is 2.46. The molecule has 29 heavy (non-hydrogen) atoms. The summed E-state index contributed by atoms with van der Waals surface area (Å²) in [5, 5.41) is 0. The molecule has 2 aliphatic heterocycles. The van der Waals surface area contributed by atoms with E-state index in [1.54, 1.807) is 42.3 Å². The molecule has 0 bridgehead atoms. The van der Waals surface area contributed by atoms with E-state index in [2.05, 4.69) is 0 Å². The maximum absolute atomic E-state index is 12.7. The summed E-state index contributed by atoms with van der Waals surface area (Å²) < 4.78 is 11.4. The van der Waals surface area contributed by atoms with Gasteiger partial charge in [-0.15, -0.1) is 0 Å². The van der Waals surface area contributed by atoms with Crippen LogP contribution >= 0.6 is 0 Å². The minimum Gasteiger partial charge on any atom is -0.497 e. The van der Waals surface area contributed by atoms with Gasteiger partial charge in [-0.05, 0) is 18.2 Å². The quantitative estimate of drug-likeness (QED) is 0.729. The smallest absolute Gasteiger partial charge is 0.223 e. The SMILES string of the molecule is COc1ccc2c(c1)C(=O)CC1(CCN(C(=O)CCC(=O)c3ccccc3)C1)O2. The monoisotopic (exact) mass is 393 g/mol. The van der Waals surface area contributed by atoms with Crippen molar-refractivity contribution in [2.75, 3.05) is 20.2 Å². The summed E-state index contributed by atoms with van der Waals surface area (Å²) in [4.78, 5) is 39.3. The fourth-order valence-electron chi connectivity index (χ4n) is 4.03. The maximum Gasteiger partial charge on any atom is 0.223 e. The molecule has 1 amide bonds. The predicted molar refractivity (Wildman–Crippen MR) is 107 cm³/mol. The van der Waals surface area contributed by atoms with Gasteiger partial charge in [0.15, 0.2) is 11.6 Å². The number of nitrogens with zero attached hydrogens (tertiary/aromatic N) is 1. The molecule has 1 spiro atoms. The van der Waals surface area contributed by atoms with Crippen molar-refractivity contribution in [1.82, 2.24) is 4.90 Å². The van der Waals surface area contributed by atoms with E-state index in [0.29, 0.717) is 42.1 Å². The number of benzene rings is 2. The molecule has 2 aromatic carbocycles. The van der Waals surface area contributed by atoms with Crippen molar-refractivity contribution in [3.05, 3.63) is 59.7 Å². The number of Topliss-reactive ketones (excluding diaryl/α,β-unsaturated/α-hetero) is 2. The van der Waals surface area contributed by atoms with E-state index in [0.717, 1.165) is 0 Å². The number of carbonyl (C=O) groups excluding carboxylic acids is 3. The van der Waals surface area contributed by atoms with Crippen molar-refractivity contribution in [1.29, 1.82) is 0 Å². The topological polar surface area (TPSA) is 72.9 Å². The van der Waals surface area contributed by atoms with Crippen LogP contribution in [0.1, 0.15) is 46.4 Å². The van der Waals surface area contributed by atoms with Gasteiger partial charge in [-0.2, -0.15) is 0 Å². The van der Waals surface area contributed by atoms with Crippen LogP contribution in [0.2, 0.25) is 0 Å². The number of hydrogen-bond acceptors (Lipinski definition) is 5. The van der Waals surface area contributed by atoms with Gasteiger partial charge in [0, 0.05) is 31.4 Å². The number of ketones is 2. The van der Waals surface area contributed by atoms with E-state index in [1.807, 2.05) is 18.2 Å². The number of ether oxygens (including phenoxy) is 2. The van der Waals surface area contributed by atoms with Crippen LogP contribution in [-0.4, -0.2) is 48.2 Å². The van der Waals surface area contributed by atoms with Crippen LogP contribution in [0.4, 0.5) is 0 Å². The Kier molecular flexibility index (Phi) is 5.09. The summed E-state index contributed by atoms with van der Waals surface area (Å²) in [6.07, 6.45) is 1.17. The van der Waals surface area contributed by atoms with Crippen LogP contribution in [-0.2, 0) is 4.79 Å². The van der Waals surface area contributed by atoms with Gasteiger partial charge in [0.25, 0.3) is 0 Å². The van der Waals surface area contributed by atoms with Crippen LogP contribution in [0.25, 0.3) is 0 Å². The highest BCUT2D eigenvalue weighted by atomic mass is 16.5. The molecule has 1 fully saturated rings. The molecule has 2 aliphatic rings. The Balaban J connectivity index is 1.39. The van der Waals surface area contributed by atoms with E-state index < -0.39 is 5.60 Å². The normalized spacial score (nSPS) is 20.3. The number of hydrogen-bond donors (Lipinski definition) is 0. The molecule has 1 unspecified atom stereocenters. The molecule has 2 heterocycles. The standard InChI is InChI=1S/C23H23NO5/c1-28-17-7-9-21-18(13-17)20(26)14-23(29-21)11-12-24(15-23)22(27)10-8-19(25)16-5-3-2-4-6-16/h2-7,9,13H,8,10-12,14-15H2,1H3. The third-order valence-corrected chi connectivity index (χ3v) is 5.63. The molecule has 0 aliphatic carbocycles. The summed E-state index contributed by atoms with van der Waals surface area (Å²) in [6, 6.07) is 14.2. The lowest BCUT2D eigenvalue weighted by Crippen LogP contribution is -2.45. The van der Waals surface area contributed by atoms with Crippen molar-refractivity contribution < 1.29 is 23.9 Å². The molecule has 0 N–H and O–H groups in total. The Morgan fingerprint density at radius 1 is 1.14 bits per heavy atom. The van der Waals surface area contributed by atoms with Crippen molar-refractivity contribution in [3.63, 3.8) is 0 Å². The number of rotatable bonds is 5. The lowest BCUT2D eigenvalue weighted by Gasteiger charge is -2.34. The molecule has 6 nitrogen and oxygen atoms in total. The summed E-state index contributed by atoms with van der Waals surface area (Å²) in [5.74, 6) is 1.03. The third kappa shape index (κ3) is 3.88. The molecular weight excluding hydrogens is 370 g/mol. The van der Waals surface area contributed by atoms with Crippen LogP contribution < -0.4 is 9.47 Å². The maximum atomic E-state index is 12.7. The van der Waals surface area contributed by atoms with Crippen LogP contribution in [0.5, 0.6) is 11.5 Å². The second-order valence-electron chi connectivity index (χ2n) is 7.60. The van der Waals surface area contributed by atoms with Crippen LogP contribution in [0, 0.1) is 0 Å². The first-order valence-electron chi connectivity index (χ1n) is 9.76. The number of carbonyl (C=O) groups is 3. The van der Waals surface area contributed by atoms with Crippen LogP contribution in [0.15, 0.2) is 48.5 Å². The van der Waals surface area contributed by atoms with Gasteiger partial charge < -0.3 is 14.4 Å². The Labute approximate surface area is 169 Å². The van der Waals surface area contributed by atoms with Crippen molar-refractivity contribution >= 4 is 17.5 Å². The van der Waals surface area contributed by atoms with Gasteiger partial charge in [-0.1, -0.05) is 30.3 Å². The first-order valence-corrected chi connectivity index (χ1v) is 9.76.